The van der Waals surface area contributed by atoms with E-state index in [1.165, 1.54) is 5.56 Å². The summed E-state index contributed by atoms with van der Waals surface area (Å²) in [6.07, 6.45) is 6.77. The van der Waals surface area contributed by atoms with E-state index in [0.717, 1.165) is 18.8 Å². The largest absolute Gasteiger partial charge is 0.359 e. The molecule has 128 valence electrons. The van der Waals surface area contributed by atoms with Gasteiger partial charge in [0.25, 0.3) is 0 Å². The number of aromatic nitrogens is 3. The lowest BCUT2D eigenvalue weighted by atomic mass is 10.2. The van der Waals surface area contributed by atoms with Gasteiger partial charge in [-0.3, -0.25) is 4.98 Å². The van der Waals surface area contributed by atoms with Crippen LogP contribution >= 0.6 is 0 Å². The molecule has 1 aliphatic heterocycles. The van der Waals surface area contributed by atoms with Gasteiger partial charge in [-0.25, -0.2) is 13.4 Å². The Morgan fingerprint density at radius 1 is 1.25 bits per heavy atom. The lowest BCUT2D eigenvalue weighted by Gasteiger charge is -2.19. The Bertz CT molecular complexity index is 782. The molecular weight excluding hydrogens is 326 g/mol. The molecule has 7 nitrogen and oxygen atoms in total. The van der Waals surface area contributed by atoms with Crippen molar-refractivity contribution < 1.29 is 8.42 Å². The molecule has 0 amide bonds. The van der Waals surface area contributed by atoms with Crippen LogP contribution in [0.25, 0.3) is 0 Å². The van der Waals surface area contributed by atoms with Crippen LogP contribution in [0, 0.1) is 0 Å². The second-order valence-electron chi connectivity index (χ2n) is 6.01. The Morgan fingerprint density at radius 2 is 2.04 bits per heavy atom. The van der Waals surface area contributed by atoms with Crippen molar-refractivity contribution in [2.45, 2.75) is 18.9 Å². The first kappa shape index (κ1) is 16.6. The normalized spacial score (nSPS) is 19.1. The van der Waals surface area contributed by atoms with Crippen LogP contribution in [0.5, 0.6) is 0 Å². The summed E-state index contributed by atoms with van der Waals surface area (Å²) in [5.74, 6) is 1.67. The summed E-state index contributed by atoms with van der Waals surface area (Å²) in [7, 11) is -0.935. The number of nitrogens with zero attached hydrogens (tertiary/aromatic N) is 4. The second-order valence-corrected chi connectivity index (χ2v) is 8.24. The quantitative estimate of drug-likeness (QED) is 0.838. The Morgan fingerprint density at radius 3 is 2.75 bits per heavy atom. The van der Waals surface area contributed by atoms with Crippen LogP contribution in [0.3, 0.4) is 0 Å². The maximum Gasteiger partial charge on any atom is 0.224 e. The van der Waals surface area contributed by atoms with Crippen molar-refractivity contribution in [2.24, 2.45) is 0 Å². The molecule has 3 heterocycles. The minimum atomic E-state index is -2.91. The molecule has 1 atom stereocenters. The monoisotopic (exact) mass is 347 g/mol. The first-order chi connectivity index (χ1) is 11.5. The van der Waals surface area contributed by atoms with Crippen LogP contribution < -0.4 is 10.2 Å². The van der Waals surface area contributed by atoms with Crippen molar-refractivity contribution in [1.82, 2.24) is 15.0 Å². The zero-order valence-electron chi connectivity index (χ0n) is 13.6. The van der Waals surface area contributed by atoms with E-state index in [2.05, 4.69) is 25.2 Å². The minimum Gasteiger partial charge on any atom is -0.359 e. The molecule has 8 heteroatoms. The van der Waals surface area contributed by atoms with Crippen LogP contribution in [0.2, 0.25) is 0 Å². The standard InChI is InChI=1S/C16H21N5O2S/c1-21(10-5-13-2-7-17-8-3-13)15-4-9-18-16(20-15)19-14-6-11-24(22,23)12-14/h2-4,7-9,14H,5-6,10-12H2,1H3,(H,18,19,20). The summed E-state index contributed by atoms with van der Waals surface area (Å²) in [5.41, 5.74) is 1.22. The van der Waals surface area contributed by atoms with E-state index in [1.807, 2.05) is 25.2 Å². The molecule has 1 saturated heterocycles. The molecule has 1 aliphatic rings. The number of anilines is 2. The van der Waals surface area contributed by atoms with Crippen LogP contribution in [0.1, 0.15) is 12.0 Å². The van der Waals surface area contributed by atoms with Gasteiger partial charge < -0.3 is 10.2 Å². The van der Waals surface area contributed by atoms with Gasteiger partial charge >= 0.3 is 0 Å². The predicted octanol–water partition coefficient (Wildman–Crippen LogP) is 1.15. The fourth-order valence-corrected chi connectivity index (χ4v) is 4.36. The SMILES string of the molecule is CN(CCc1ccncc1)c1ccnc(NC2CCS(=O)(=O)C2)n1. The Kier molecular flexibility index (Phi) is 4.94. The third-order valence-corrected chi connectivity index (χ3v) is 5.85. The highest BCUT2D eigenvalue weighted by molar-refractivity contribution is 7.91. The van der Waals surface area contributed by atoms with Gasteiger partial charge in [-0.1, -0.05) is 0 Å². The molecule has 2 aromatic rings. The van der Waals surface area contributed by atoms with Gasteiger partial charge in [0.1, 0.15) is 5.82 Å². The second kappa shape index (κ2) is 7.12. The molecule has 1 N–H and O–H groups in total. The summed E-state index contributed by atoms with van der Waals surface area (Å²) in [6, 6.07) is 5.75. The fraction of sp³-hybridized carbons (Fsp3) is 0.438. The highest BCUT2D eigenvalue weighted by Crippen LogP contribution is 2.17. The van der Waals surface area contributed by atoms with Crippen LogP contribution in [-0.4, -0.2) is 54.5 Å². The van der Waals surface area contributed by atoms with E-state index in [1.54, 1.807) is 18.6 Å². The van der Waals surface area contributed by atoms with Crippen LogP contribution in [0.15, 0.2) is 36.8 Å². The number of pyridine rings is 1. The Hall–Kier alpha value is -2.22. The van der Waals surface area contributed by atoms with Crippen molar-refractivity contribution >= 4 is 21.6 Å². The maximum absolute atomic E-state index is 11.5. The first-order valence-corrected chi connectivity index (χ1v) is 9.74. The van der Waals surface area contributed by atoms with Crippen molar-refractivity contribution in [1.29, 1.82) is 0 Å². The molecule has 1 unspecified atom stereocenters. The molecule has 0 bridgehead atoms. The molecule has 0 radical (unpaired) electrons. The smallest absolute Gasteiger partial charge is 0.224 e. The third kappa shape index (κ3) is 4.41. The number of hydrogen-bond donors (Lipinski definition) is 1. The molecule has 0 aromatic carbocycles. The van der Waals surface area contributed by atoms with Crippen LogP contribution in [0.4, 0.5) is 11.8 Å². The highest BCUT2D eigenvalue weighted by atomic mass is 32.2. The van der Waals surface area contributed by atoms with Crippen molar-refractivity contribution in [2.75, 3.05) is 35.3 Å². The molecule has 0 aliphatic carbocycles. The number of nitrogens with one attached hydrogen (secondary N) is 1. The van der Waals surface area contributed by atoms with Crippen molar-refractivity contribution in [3.8, 4) is 0 Å². The van der Waals surface area contributed by atoms with Crippen molar-refractivity contribution in [3.05, 3.63) is 42.4 Å². The van der Waals surface area contributed by atoms with Gasteiger partial charge in [-0.15, -0.1) is 0 Å². The van der Waals surface area contributed by atoms with Gasteiger partial charge in [0, 0.05) is 38.2 Å². The minimum absolute atomic E-state index is 0.104. The molecule has 1 fully saturated rings. The average Bonchev–Trinajstić information content (AvgIpc) is 2.92. The molecule has 0 saturated carbocycles. The molecule has 0 spiro atoms. The van der Waals surface area contributed by atoms with E-state index < -0.39 is 9.84 Å². The fourth-order valence-electron chi connectivity index (χ4n) is 2.68. The van der Waals surface area contributed by atoms with Gasteiger partial charge in [0.2, 0.25) is 5.95 Å². The van der Waals surface area contributed by atoms with E-state index >= 15 is 0 Å². The third-order valence-electron chi connectivity index (χ3n) is 4.08. The zero-order valence-corrected chi connectivity index (χ0v) is 14.4. The maximum atomic E-state index is 11.5. The zero-order chi connectivity index (χ0) is 17.0. The lowest BCUT2D eigenvalue weighted by molar-refractivity contribution is 0.602. The predicted molar refractivity (Wildman–Crippen MR) is 93.9 cm³/mol. The van der Waals surface area contributed by atoms with Gasteiger partial charge in [0.05, 0.1) is 11.5 Å². The average molecular weight is 347 g/mol. The number of hydrogen-bond acceptors (Lipinski definition) is 7. The summed E-state index contributed by atoms with van der Waals surface area (Å²) in [5, 5.41) is 3.13. The van der Waals surface area contributed by atoms with E-state index in [0.29, 0.717) is 12.4 Å². The summed E-state index contributed by atoms with van der Waals surface area (Å²) >= 11 is 0. The van der Waals surface area contributed by atoms with E-state index in [-0.39, 0.29) is 17.5 Å². The first-order valence-electron chi connectivity index (χ1n) is 7.92. The van der Waals surface area contributed by atoms with E-state index in [4.69, 9.17) is 0 Å². The molecular formula is C16H21N5O2S. The van der Waals surface area contributed by atoms with Gasteiger partial charge in [-0.05, 0) is 36.6 Å². The number of sulfone groups is 1. The van der Waals surface area contributed by atoms with Crippen molar-refractivity contribution in [3.63, 3.8) is 0 Å². The molecule has 2 aromatic heterocycles. The summed E-state index contributed by atoms with van der Waals surface area (Å²) in [6.45, 7) is 0.818. The lowest BCUT2D eigenvalue weighted by Crippen LogP contribution is -2.24. The Balaban J connectivity index is 1.60. The number of rotatable bonds is 6. The van der Waals surface area contributed by atoms with Crippen LogP contribution in [-0.2, 0) is 16.3 Å². The van der Waals surface area contributed by atoms with Gasteiger partial charge in [0.15, 0.2) is 9.84 Å². The van der Waals surface area contributed by atoms with Gasteiger partial charge in [-0.2, -0.15) is 4.98 Å². The van der Waals surface area contributed by atoms with E-state index in [9.17, 15) is 8.42 Å². The summed E-state index contributed by atoms with van der Waals surface area (Å²) in [4.78, 5) is 14.8. The topological polar surface area (TPSA) is 88.1 Å². The summed E-state index contributed by atoms with van der Waals surface area (Å²) < 4.78 is 23.1. The highest BCUT2D eigenvalue weighted by Gasteiger charge is 2.28. The Labute approximate surface area is 142 Å². The number of likely N-dealkylation sites (N-methyl/N-ethyl adjacent to an activating group) is 1. The molecule has 24 heavy (non-hydrogen) atoms. The molecule has 3 rings (SSSR count).